The average molecular weight is 383 g/mol. The van der Waals surface area contributed by atoms with Crippen LogP contribution in [0.1, 0.15) is 53.1 Å². The van der Waals surface area contributed by atoms with Crippen molar-refractivity contribution in [2.45, 2.75) is 45.3 Å². The molecule has 1 atom stereocenters. The second-order valence-corrected chi connectivity index (χ2v) is 7.34. The van der Waals surface area contributed by atoms with Crippen molar-refractivity contribution in [1.82, 2.24) is 24.6 Å². The van der Waals surface area contributed by atoms with E-state index in [9.17, 15) is 14.7 Å². The Labute approximate surface area is 163 Å². The number of nitrogens with zero attached hydrogens (tertiary/aromatic N) is 5. The molecule has 4 heterocycles. The number of pyridine rings is 1. The number of rotatable bonds is 5. The fourth-order valence-electron chi connectivity index (χ4n) is 4.33. The molecule has 0 aliphatic carbocycles. The van der Waals surface area contributed by atoms with Crippen LogP contribution >= 0.6 is 0 Å². The van der Waals surface area contributed by atoms with Gasteiger partial charge in [0.15, 0.2) is 5.69 Å². The van der Waals surface area contributed by atoms with Gasteiger partial charge in [0, 0.05) is 49.7 Å². The predicted molar refractivity (Wildman–Crippen MR) is 102 cm³/mol. The first-order valence-electron chi connectivity index (χ1n) is 9.84. The van der Waals surface area contributed by atoms with E-state index in [2.05, 4.69) is 15.0 Å². The third-order valence-electron chi connectivity index (χ3n) is 5.69. The number of amides is 1. The highest BCUT2D eigenvalue weighted by Crippen LogP contribution is 2.30. The van der Waals surface area contributed by atoms with E-state index in [0.717, 1.165) is 37.2 Å². The van der Waals surface area contributed by atoms with Gasteiger partial charge in [-0.1, -0.05) is 6.07 Å². The summed E-state index contributed by atoms with van der Waals surface area (Å²) in [6.07, 6.45) is 6.25. The SMILES string of the molecule is CCn1nc(C(=O)O)c2c1CCN(C(=O)[C@H](c1cccnc1)N1CCCC1)C2. The largest absolute Gasteiger partial charge is 0.476 e. The highest BCUT2D eigenvalue weighted by Gasteiger charge is 2.36. The van der Waals surface area contributed by atoms with Crippen molar-refractivity contribution in [1.29, 1.82) is 0 Å². The Morgan fingerprint density at radius 1 is 1.25 bits per heavy atom. The van der Waals surface area contributed by atoms with E-state index in [-0.39, 0.29) is 17.6 Å². The monoisotopic (exact) mass is 383 g/mol. The van der Waals surface area contributed by atoms with E-state index < -0.39 is 5.97 Å². The summed E-state index contributed by atoms with van der Waals surface area (Å²) in [4.78, 5) is 33.4. The standard InChI is InChI=1S/C20H25N5O3/c1-2-25-16-7-11-24(13-15(16)17(22-25)20(27)28)19(26)18(23-9-3-4-10-23)14-6-5-8-21-12-14/h5-6,8,12,18H,2-4,7,9-11,13H2,1H3,(H,27,28)/t18-/m0/s1. The van der Waals surface area contributed by atoms with Gasteiger partial charge in [-0.15, -0.1) is 0 Å². The minimum absolute atomic E-state index is 0.0149. The molecule has 2 aromatic heterocycles. The van der Waals surface area contributed by atoms with Gasteiger partial charge in [-0.25, -0.2) is 4.79 Å². The molecular weight excluding hydrogens is 358 g/mol. The molecule has 2 aliphatic heterocycles. The molecule has 148 valence electrons. The van der Waals surface area contributed by atoms with E-state index in [4.69, 9.17) is 0 Å². The number of likely N-dealkylation sites (tertiary alicyclic amines) is 1. The zero-order valence-corrected chi connectivity index (χ0v) is 16.0. The third kappa shape index (κ3) is 3.28. The average Bonchev–Trinajstić information content (AvgIpc) is 3.36. The van der Waals surface area contributed by atoms with Gasteiger partial charge in [0.25, 0.3) is 0 Å². The van der Waals surface area contributed by atoms with E-state index in [1.807, 2.05) is 19.1 Å². The highest BCUT2D eigenvalue weighted by molar-refractivity contribution is 5.88. The molecule has 0 aromatic carbocycles. The second-order valence-electron chi connectivity index (χ2n) is 7.34. The van der Waals surface area contributed by atoms with Crippen LogP contribution in [0.4, 0.5) is 0 Å². The predicted octanol–water partition coefficient (Wildman–Crippen LogP) is 1.72. The van der Waals surface area contributed by atoms with Crippen molar-refractivity contribution in [3.05, 3.63) is 47.0 Å². The molecular formula is C20H25N5O3. The van der Waals surface area contributed by atoms with Gasteiger partial charge >= 0.3 is 5.97 Å². The van der Waals surface area contributed by atoms with Crippen LogP contribution in [-0.2, 0) is 24.3 Å². The molecule has 0 radical (unpaired) electrons. The van der Waals surface area contributed by atoms with Gasteiger partial charge in [0.2, 0.25) is 5.91 Å². The number of carbonyl (C=O) groups is 2. The maximum atomic E-state index is 13.5. The Balaban J connectivity index is 1.64. The zero-order chi connectivity index (χ0) is 19.7. The van der Waals surface area contributed by atoms with Crippen LogP contribution in [-0.4, -0.2) is 61.2 Å². The molecule has 0 saturated carbocycles. The normalized spacial score (nSPS) is 18.1. The van der Waals surface area contributed by atoms with Crippen molar-refractivity contribution < 1.29 is 14.7 Å². The Bertz CT molecular complexity index is 873. The fourth-order valence-corrected chi connectivity index (χ4v) is 4.33. The van der Waals surface area contributed by atoms with Gasteiger partial charge < -0.3 is 10.0 Å². The van der Waals surface area contributed by atoms with E-state index >= 15 is 0 Å². The Hall–Kier alpha value is -2.74. The lowest BCUT2D eigenvalue weighted by atomic mass is 10.0. The summed E-state index contributed by atoms with van der Waals surface area (Å²) < 4.78 is 1.75. The highest BCUT2D eigenvalue weighted by atomic mass is 16.4. The number of carboxylic acids is 1. The maximum absolute atomic E-state index is 13.5. The van der Waals surface area contributed by atoms with Crippen LogP contribution in [0, 0.1) is 0 Å². The number of carboxylic acid groups (broad SMARTS) is 1. The third-order valence-corrected chi connectivity index (χ3v) is 5.69. The quantitative estimate of drug-likeness (QED) is 0.845. The van der Waals surface area contributed by atoms with E-state index in [0.29, 0.717) is 31.6 Å². The number of hydrogen-bond donors (Lipinski definition) is 1. The van der Waals surface area contributed by atoms with Crippen LogP contribution in [0.25, 0.3) is 0 Å². The minimum Gasteiger partial charge on any atom is -0.476 e. The van der Waals surface area contributed by atoms with Gasteiger partial charge in [0.05, 0.1) is 0 Å². The number of aryl methyl sites for hydroxylation is 1. The molecule has 1 N–H and O–H groups in total. The minimum atomic E-state index is -1.04. The van der Waals surface area contributed by atoms with E-state index in [1.54, 1.807) is 22.0 Å². The first-order valence-corrected chi connectivity index (χ1v) is 9.84. The number of hydrogen-bond acceptors (Lipinski definition) is 5. The molecule has 0 unspecified atom stereocenters. The van der Waals surface area contributed by atoms with Gasteiger partial charge in [-0.05, 0) is 44.5 Å². The van der Waals surface area contributed by atoms with Crippen LogP contribution in [0.3, 0.4) is 0 Å². The van der Waals surface area contributed by atoms with Gasteiger partial charge in [-0.3, -0.25) is 19.4 Å². The molecule has 1 amide bonds. The first kappa shape index (κ1) is 18.6. The lowest BCUT2D eigenvalue weighted by molar-refractivity contribution is -0.138. The molecule has 8 heteroatoms. The molecule has 8 nitrogen and oxygen atoms in total. The van der Waals surface area contributed by atoms with Crippen molar-refractivity contribution in [3.63, 3.8) is 0 Å². The molecule has 0 bridgehead atoms. The summed E-state index contributed by atoms with van der Waals surface area (Å²) in [7, 11) is 0. The van der Waals surface area contributed by atoms with Crippen LogP contribution < -0.4 is 0 Å². The van der Waals surface area contributed by atoms with Crippen molar-refractivity contribution >= 4 is 11.9 Å². The lowest BCUT2D eigenvalue weighted by Gasteiger charge is -2.34. The summed E-state index contributed by atoms with van der Waals surface area (Å²) in [5.74, 6) is -1.03. The maximum Gasteiger partial charge on any atom is 0.356 e. The van der Waals surface area contributed by atoms with Crippen LogP contribution in [0.5, 0.6) is 0 Å². The Morgan fingerprint density at radius 3 is 2.68 bits per heavy atom. The molecule has 2 aromatic rings. The fraction of sp³-hybridized carbons (Fsp3) is 0.500. The summed E-state index contributed by atoms with van der Waals surface area (Å²) >= 11 is 0. The summed E-state index contributed by atoms with van der Waals surface area (Å²) in [6.45, 7) is 5.20. The molecule has 2 aliphatic rings. The van der Waals surface area contributed by atoms with Gasteiger partial charge in [0.1, 0.15) is 6.04 Å². The number of aromatic nitrogens is 3. The van der Waals surface area contributed by atoms with Crippen molar-refractivity contribution in [2.24, 2.45) is 0 Å². The summed E-state index contributed by atoms with van der Waals surface area (Å²) in [6, 6.07) is 3.43. The summed E-state index contributed by atoms with van der Waals surface area (Å²) in [5, 5.41) is 13.8. The van der Waals surface area contributed by atoms with Gasteiger partial charge in [-0.2, -0.15) is 5.10 Å². The van der Waals surface area contributed by atoms with Crippen LogP contribution in [0.2, 0.25) is 0 Å². The smallest absolute Gasteiger partial charge is 0.356 e. The first-order chi connectivity index (χ1) is 13.6. The molecule has 4 rings (SSSR count). The number of fused-ring (bicyclic) bond motifs is 1. The topological polar surface area (TPSA) is 91.6 Å². The number of carbonyl (C=O) groups excluding carboxylic acids is 1. The molecule has 0 spiro atoms. The number of aromatic carboxylic acids is 1. The Morgan fingerprint density at radius 2 is 2.04 bits per heavy atom. The van der Waals surface area contributed by atoms with E-state index in [1.165, 1.54) is 0 Å². The molecule has 1 saturated heterocycles. The second kappa shape index (κ2) is 7.71. The van der Waals surface area contributed by atoms with Crippen molar-refractivity contribution in [3.8, 4) is 0 Å². The zero-order valence-electron chi connectivity index (χ0n) is 16.0. The molecule has 28 heavy (non-hydrogen) atoms. The Kier molecular flexibility index (Phi) is 5.13. The molecule has 1 fully saturated rings. The lowest BCUT2D eigenvalue weighted by Crippen LogP contribution is -2.44. The van der Waals surface area contributed by atoms with Crippen LogP contribution in [0.15, 0.2) is 24.5 Å². The summed E-state index contributed by atoms with van der Waals surface area (Å²) in [5.41, 5.74) is 2.56. The van der Waals surface area contributed by atoms with Crippen molar-refractivity contribution in [2.75, 3.05) is 19.6 Å².